The number of hydrogen-bond acceptors (Lipinski definition) is 8. The first-order valence-corrected chi connectivity index (χ1v) is 11.0. The number of ether oxygens (including phenoxy) is 1. The molecule has 1 atom stereocenters. The van der Waals surface area contributed by atoms with Crippen molar-refractivity contribution in [1.82, 2.24) is 20.6 Å². The normalized spacial score (nSPS) is 15.4. The lowest BCUT2D eigenvalue weighted by Crippen LogP contribution is -2.21. The molecule has 1 saturated carbocycles. The Bertz CT molecular complexity index is 863. The second kappa shape index (κ2) is 11.5. The molecule has 0 radical (unpaired) electrons. The van der Waals surface area contributed by atoms with E-state index in [9.17, 15) is 9.59 Å². The molecule has 0 bridgehead atoms. The maximum Gasteiger partial charge on any atom is 0.339 e. The average Bonchev–Trinajstić information content (AvgIpc) is 3.29. The monoisotopic (exact) mass is 430 g/mol. The van der Waals surface area contributed by atoms with Gasteiger partial charge in [0.15, 0.2) is 0 Å². The highest BCUT2D eigenvalue weighted by Crippen LogP contribution is 2.31. The Morgan fingerprint density at radius 3 is 2.84 bits per heavy atom. The van der Waals surface area contributed by atoms with Crippen molar-refractivity contribution in [2.75, 3.05) is 6.61 Å². The molecular formula is C22H30N4O5. The van der Waals surface area contributed by atoms with Gasteiger partial charge in [-0.15, -0.1) is 0 Å². The lowest BCUT2D eigenvalue weighted by atomic mass is 9.84. The Balaban J connectivity index is 1.69. The lowest BCUT2D eigenvalue weighted by Gasteiger charge is -2.22. The average molecular weight is 431 g/mol. The Morgan fingerprint density at radius 2 is 2.10 bits per heavy atom. The van der Waals surface area contributed by atoms with Crippen molar-refractivity contribution in [2.45, 2.75) is 70.6 Å². The highest BCUT2D eigenvalue weighted by molar-refractivity contribution is 5.90. The van der Waals surface area contributed by atoms with Gasteiger partial charge in [0.05, 0.1) is 12.2 Å². The van der Waals surface area contributed by atoms with Crippen molar-refractivity contribution in [3.63, 3.8) is 0 Å². The Kier molecular flexibility index (Phi) is 8.52. The molecule has 9 heteroatoms. The molecule has 0 saturated heterocycles. The molecule has 1 aliphatic carbocycles. The number of aromatic nitrogens is 3. The number of pyridine rings is 1. The van der Waals surface area contributed by atoms with Crippen LogP contribution in [0.4, 0.5) is 0 Å². The summed E-state index contributed by atoms with van der Waals surface area (Å²) in [4.78, 5) is 32.3. The molecule has 0 aliphatic heterocycles. The summed E-state index contributed by atoms with van der Waals surface area (Å²) in [6.07, 6.45) is 12.3. The first-order valence-electron chi connectivity index (χ1n) is 11.0. The molecule has 1 amide bonds. The van der Waals surface area contributed by atoms with E-state index in [0.29, 0.717) is 23.4 Å². The molecule has 1 aliphatic rings. The van der Waals surface area contributed by atoms with Crippen LogP contribution in [0.15, 0.2) is 23.0 Å². The predicted molar refractivity (Wildman–Crippen MR) is 111 cm³/mol. The van der Waals surface area contributed by atoms with Crippen molar-refractivity contribution in [3.05, 3.63) is 29.9 Å². The van der Waals surface area contributed by atoms with Crippen LogP contribution in [0.1, 0.15) is 86.9 Å². The molecule has 0 aromatic carbocycles. The van der Waals surface area contributed by atoms with E-state index in [0.717, 1.165) is 18.8 Å². The molecule has 2 aromatic heterocycles. The summed E-state index contributed by atoms with van der Waals surface area (Å²) in [5.41, 5.74) is 2.51. The standard InChI is InChI=1S/C22H30N4O5/c1-2-30-22(28)18-11-17(13-23-14-18)20-24-21(31-26-20)16(12-19(27)25-29)10-6-9-15-7-4-3-5-8-15/h11,13-16,29H,2-10,12H2,1H3,(H,25,27). The fraction of sp³-hybridized carbons (Fsp3) is 0.591. The molecular weight excluding hydrogens is 400 g/mol. The Hall–Kier alpha value is -2.81. The van der Waals surface area contributed by atoms with Crippen LogP contribution < -0.4 is 5.48 Å². The molecule has 3 rings (SSSR count). The molecule has 0 spiro atoms. The van der Waals surface area contributed by atoms with Gasteiger partial charge in [-0.05, 0) is 25.3 Å². The molecule has 2 heterocycles. The molecule has 9 nitrogen and oxygen atoms in total. The Labute approximate surface area is 181 Å². The van der Waals surface area contributed by atoms with Crippen LogP contribution >= 0.6 is 0 Å². The lowest BCUT2D eigenvalue weighted by molar-refractivity contribution is -0.129. The quantitative estimate of drug-likeness (QED) is 0.328. The number of carbonyl (C=O) groups excluding carboxylic acids is 2. The second-order valence-corrected chi connectivity index (χ2v) is 8.01. The first-order chi connectivity index (χ1) is 15.1. The van der Waals surface area contributed by atoms with Gasteiger partial charge in [0.25, 0.3) is 0 Å². The molecule has 168 valence electrons. The maximum absolute atomic E-state index is 12.0. The van der Waals surface area contributed by atoms with Gasteiger partial charge in [-0.25, -0.2) is 10.3 Å². The number of hydroxylamine groups is 1. The number of esters is 1. The van der Waals surface area contributed by atoms with Gasteiger partial charge in [-0.2, -0.15) is 4.98 Å². The molecule has 1 fully saturated rings. The summed E-state index contributed by atoms with van der Waals surface area (Å²) in [7, 11) is 0. The maximum atomic E-state index is 12.0. The third-order valence-electron chi connectivity index (χ3n) is 5.74. The van der Waals surface area contributed by atoms with Crippen molar-refractivity contribution in [2.24, 2.45) is 5.92 Å². The van der Waals surface area contributed by atoms with Crippen molar-refractivity contribution in [3.8, 4) is 11.4 Å². The van der Waals surface area contributed by atoms with Gasteiger partial charge in [0.1, 0.15) is 0 Å². The van der Waals surface area contributed by atoms with E-state index in [-0.39, 0.29) is 24.8 Å². The fourth-order valence-electron chi connectivity index (χ4n) is 4.12. The molecule has 2 N–H and O–H groups in total. The SMILES string of the molecule is CCOC(=O)c1cncc(-c2noc(C(CCCC3CCCCC3)CC(=O)NO)n2)c1. The number of carbonyl (C=O) groups is 2. The van der Waals surface area contributed by atoms with Gasteiger partial charge in [-0.1, -0.05) is 50.1 Å². The zero-order valence-corrected chi connectivity index (χ0v) is 17.9. The van der Waals surface area contributed by atoms with Crippen LogP contribution in [0.5, 0.6) is 0 Å². The van der Waals surface area contributed by atoms with E-state index < -0.39 is 11.9 Å². The van der Waals surface area contributed by atoms with Crippen molar-refractivity contribution in [1.29, 1.82) is 0 Å². The van der Waals surface area contributed by atoms with E-state index in [2.05, 4.69) is 15.1 Å². The summed E-state index contributed by atoms with van der Waals surface area (Å²) in [6.45, 7) is 2.00. The number of rotatable bonds is 10. The van der Waals surface area contributed by atoms with Crippen LogP contribution in [0.25, 0.3) is 11.4 Å². The Morgan fingerprint density at radius 1 is 1.29 bits per heavy atom. The van der Waals surface area contributed by atoms with Gasteiger partial charge in [0, 0.05) is 30.3 Å². The first kappa shape index (κ1) is 22.9. The van der Waals surface area contributed by atoms with Gasteiger partial charge in [-0.3, -0.25) is 15.0 Å². The molecule has 2 aromatic rings. The van der Waals surface area contributed by atoms with Crippen LogP contribution in [-0.4, -0.2) is 38.8 Å². The van der Waals surface area contributed by atoms with Gasteiger partial charge < -0.3 is 9.26 Å². The third-order valence-corrected chi connectivity index (χ3v) is 5.74. The fourth-order valence-corrected chi connectivity index (χ4v) is 4.12. The number of nitrogens with one attached hydrogen (secondary N) is 1. The summed E-state index contributed by atoms with van der Waals surface area (Å²) < 4.78 is 10.5. The number of nitrogens with zero attached hydrogens (tertiary/aromatic N) is 3. The second-order valence-electron chi connectivity index (χ2n) is 8.01. The van der Waals surface area contributed by atoms with Crippen LogP contribution in [0.2, 0.25) is 0 Å². The summed E-state index contributed by atoms with van der Waals surface area (Å²) in [6, 6.07) is 1.60. The van der Waals surface area contributed by atoms with E-state index in [4.69, 9.17) is 14.5 Å². The number of hydrogen-bond donors (Lipinski definition) is 2. The summed E-state index contributed by atoms with van der Waals surface area (Å²) in [5.74, 6) is 0.113. The van der Waals surface area contributed by atoms with Crippen LogP contribution in [0, 0.1) is 5.92 Å². The topological polar surface area (TPSA) is 127 Å². The summed E-state index contributed by atoms with van der Waals surface area (Å²) in [5, 5.41) is 13.0. The van der Waals surface area contributed by atoms with Crippen molar-refractivity contribution < 1.29 is 24.1 Å². The molecule has 31 heavy (non-hydrogen) atoms. The van der Waals surface area contributed by atoms with E-state index in [1.807, 2.05) is 0 Å². The zero-order valence-electron chi connectivity index (χ0n) is 17.9. The zero-order chi connectivity index (χ0) is 22.1. The summed E-state index contributed by atoms with van der Waals surface area (Å²) >= 11 is 0. The smallest absolute Gasteiger partial charge is 0.339 e. The number of amides is 1. The predicted octanol–water partition coefficient (Wildman–Crippen LogP) is 4.04. The minimum Gasteiger partial charge on any atom is -0.462 e. The third kappa shape index (κ3) is 6.58. The highest BCUT2D eigenvalue weighted by atomic mass is 16.5. The van der Waals surface area contributed by atoms with Crippen molar-refractivity contribution >= 4 is 11.9 Å². The van der Waals surface area contributed by atoms with Gasteiger partial charge in [0.2, 0.25) is 17.6 Å². The van der Waals surface area contributed by atoms with E-state index in [1.165, 1.54) is 44.5 Å². The largest absolute Gasteiger partial charge is 0.462 e. The van der Waals surface area contributed by atoms with Gasteiger partial charge >= 0.3 is 5.97 Å². The van der Waals surface area contributed by atoms with E-state index in [1.54, 1.807) is 18.5 Å². The van der Waals surface area contributed by atoms with Crippen LogP contribution in [-0.2, 0) is 9.53 Å². The van der Waals surface area contributed by atoms with E-state index >= 15 is 0 Å². The van der Waals surface area contributed by atoms with Crippen LogP contribution in [0.3, 0.4) is 0 Å². The minimum absolute atomic E-state index is 0.0594. The highest BCUT2D eigenvalue weighted by Gasteiger charge is 2.24. The minimum atomic E-state index is -0.492. The molecule has 1 unspecified atom stereocenters.